The van der Waals surface area contributed by atoms with Crippen LogP contribution in [0.15, 0.2) is 24.3 Å². The summed E-state index contributed by atoms with van der Waals surface area (Å²) in [5.41, 5.74) is 0. The van der Waals surface area contributed by atoms with Crippen LogP contribution < -0.4 is 9.47 Å². The lowest BCUT2D eigenvalue weighted by Crippen LogP contribution is -2.60. The summed E-state index contributed by atoms with van der Waals surface area (Å²) in [5.74, 6) is 1.13. The molecule has 1 saturated heterocycles. The van der Waals surface area contributed by atoms with Crippen LogP contribution in [0.4, 0.5) is 0 Å². The molecule has 0 unspecified atom stereocenters. The molecule has 0 amide bonds. The fourth-order valence-corrected chi connectivity index (χ4v) is 3.40. The van der Waals surface area contributed by atoms with E-state index in [2.05, 4.69) is 6.92 Å². The summed E-state index contributed by atoms with van der Waals surface area (Å²) in [5, 5.41) is 39.1. The molecule has 7 heteroatoms. The summed E-state index contributed by atoms with van der Waals surface area (Å²) < 4.78 is 16.4. The van der Waals surface area contributed by atoms with E-state index in [0.717, 1.165) is 12.2 Å². The quantitative estimate of drug-likeness (QED) is 0.368. The van der Waals surface area contributed by atoms with Crippen LogP contribution in [0.2, 0.25) is 0 Å². The van der Waals surface area contributed by atoms with Crippen molar-refractivity contribution in [3.05, 3.63) is 24.3 Å². The molecule has 0 saturated carbocycles. The molecule has 0 radical (unpaired) electrons. The third kappa shape index (κ3) is 7.75. The molecule has 0 aromatic heterocycles. The first-order valence-electron chi connectivity index (χ1n) is 10.8. The largest absolute Gasteiger partial charge is 0.494 e. The normalized spacial score (nSPS) is 27.0. The van der Waals surface area contributed by atoms with Crippen LogP contribution in [0.5, 0.6) is 11.5 Å². The molecular weight excluding hydrogens is 376 g/mol. The Morgan fingerprint density at radius 1 is 0.828 bits per heavy atom. The maximum atomic E-state index is 10.1. The Balaban J connectivity index is 1.68. The van der Waals surface area contributed by atoms with Crippen molar-refractivity contribution < 1.29 is 34.6 Å². The molecule has 1 aromatic rings. The van der Waals surface area contributed by atoms with Crippen LogP contribution in [-0.2, 0) is 4.74 Å². The molecule has 4 N–H and O–H groups in total. The van der Waals surface area contributed by atoms with Gasteiger partial charge >= 0.3 is 0 Å². The van der Waals surface area contributed by atoms with Crippen molar-refractivity contribution in [3.8, 4) is 11.5 Å². The number of aliphatic hydroxyl groups excluding tert-OH is 4. The minimum absolute atomic E-state index is 0.408. The first-order chi connectivity index (χ1) is 14.1. The van der Waals surface area contributed by atoms with Crippen LogP contribution in [0.1, 0.15) is 58.3 Å². The number of unbranched alkanes of at least 4 members (excludes halogenated alkanes) is 7. The number of benzene rings is 1. The van der Waals surface area contributed by atoms with Gasteiger partial charge in [0.25, 0.3) is 0 Å². The van der Waals surface area contributed by atoms with Gasteiger partial charge in [-0.15, -0.1) is 0 Å². The highest BCUT2D eigenvalue weighted by atomic mass is 16.7. The zero-order chi connectivity index (χ0) is 21.1. The average molecular weight is 413 g/mol. The van der Waals surface area contributed by atoms with E-state index in [9.17, 15) is 15.3 Å². The van der Waals surface area contributed by atoms with Crippen molar-refractivity contribution in [3.63, 3.8) is 0 Å². The first kappa shape index (κ1) is 23.9. The Morgan fingerprint density at radius 2 is 1.41 bits per heavy atom. The summed E-state index contributed by atoms with van der Waals surface area (Å²) in [6, 6.07) is 6.87. The molecule has 0 spiro atoms. The van der Waals surface area contributed by atoms with Gasteiger partial charge in [0, 0.05) is 0 Å². The first-order valence-corrected chi connectivity index (χ1v) is 10.8. The summed E-state index contributed by atoms with van der Waals surface area (Å²) >= 11 is 0. The standard InChI is InChI=1S/C22H36O7/c1-2-3-4-5-6-7-8-9-14-27-16-10-12-17(13-11-16)28-21-20(25)19(24)18(15-23)29-22(21)26/h10-13,18-26H,2-9,14-15H2,1H3/t18-,19-,20+,21-,22-/m1/s1. The monoisotopic (exact) mass is 412 g/mol. The van der Waals surface area contributed by atoms with Crippen LogP contribution in [-0.4, -0.2) is 64.3 Å². The Morgan fingerprint density at radius 3 is 2.03 bits per heavy atom. The Hall–Kier alpha value is -1.38. The Kier molecular flexibility index (Phi) is 10.7. The molecule has 1 aliphatic rings. The molecule has 5 atom stereocenters. The second-order valence-electron chi connectivity index (χ2n) is 7.61. The van der Waals surface area contributed by atoms with E-state index in [1.54, 1.807) is 24.3 Å². The number of aliphatic hydroxyl groups is 4. The molecule has 29 heavy (non-hydrogen) atoms. The van der Waals surface area contributed by atoms with E-state index in [1.165, 1.54) is 44.9 Å². The van der Waals surface area contributed by atoms with Crippen molar-refractivity contribution in [2.45, 2.75) is 89.0 Å². The minimum Gasteiger partial charge on any atom is -0.494 e. The van der Waals surface area contributed by atoms with Gasteiger partial charge in [-0.3, -0.25) is 0 Å². The fraction of sp³-hybridized carbons (Fsp3) is 0.727. The fourth-order valence-electron chi connectivity index (χ4n) is 3.40. The molecule has 0 aliphatic carbocycles. The van der Waals surface area contributed by atoms with Crippen molar-refractivity contribution in [1.29, 1.82) is 0 Å². The van der Waals surface area contributed by atoms with Gasteiger partial charge in [0.2, 0.25) is 0 Å². The van der Waals surface area contributed by atoms with Crippen molar-refractivity contribution in [1.82, 2.24) is 0 Å². The minimum atomic E-state index is -1.46. The smallest absolute Gasteiger partial charge is 0.195 e. The van der Waals surface area contributed by atoms with E-state index in [-0.39, 0.29) is 0 Å². The third-order valence-electron chi connectivity index (χ3n) is 5.21. The average Bonchev–Trinajstić information content (AvgIpc) is 2.73. The van der Waals surface area contributed by atoms with Gasteiger partial charge < -0.3 is 34.6 Å². The zero-order valence-corrected chi connectivity index (χ0v) is 17.3. The highest BCUT2D eigenvalue weighted by molar-refractivity contribution is 5.31. The van der Waals surface area contributed by atoms with Crippen LogP contribution in [0.3, 0.4) is 0 Å². The molecule has 1 heterocycles. The lowest BCUT2D eigenvalue weighted by molar-refractivity contribution is -0.280. The molecule has 1 aliphatic heterocycles. The highest BCUT2D eigenvalue weighted by Crippen LogP contribution is 2.26. The lowest BCUT2D eigenvalue weighted by Gasteiger charge is -2.39. The molecule has 7 nitrogen and oxygen atoms in total. The Bertz CT molecular complexity index is 551. The number of hydrogen-bond donors (Lipinski definition) is 4. The summed E-state index contributed by atoms with van der Waals surface area (Å²) in [6.07, 6.45) is 3.61. The second kappa shape index (κ2) is 13.0. The van der Waals surface area contributed by atoms with Gasteiger partial charge in [-0.05, 0) is 30.7 Å². The number of rotatable bonds is 13. The third-order valence-corrected chi connectivity index (χ3v) is 5.21. The van der Waals surface area contributed by atoms with Crippen LogP contribution in [0, 0.1) is 0 Å². The molecule has 166 valence electrons. The van der Waals surface area contributed by atoms with Crippen molar-refractivity contribution in [2.75, 3.05) is 13.2 Å². The van der Waals surface area contributed by atoms with Gasteiger partial charge in [-0.1, -0.05) is 51.9 Å². The van der Waals surface area contributed by atoms with Gasteiger partial charge in [-0.2, -0.15) is 0 Å². The maximum absolute atomic E-state index is 10.1. The van der Waals surface area contributed by atoms with Gasteiger partial charge in [0.05, 0.1) is 13.2 Å². The van der Waals surface area contributed by atoms with E-state index in [1.807, 2.05) is 0 Å². The van der Waals surface area contributed by atoms with Gasteiger partial charge in [-0.25, -0.2) is 0 Å². The Labute approximate surface area is 173 Å². The van der Waals surface area contributed by atoms with Gasteiger partial charge in [0.15, 0.2) is 12.4 Å². The number of ether oxygens (including phenoxy) is 3. The highest BCUT2D eigenvalue weighted by Gasteiger charge is 2.45. The zero-order valence-electron chi connectivity index (χ0n) is 17.3. The molecule has 1 aromatic carbocycles. The molecule has 1 fully saturated rings. The van der Waals surface area contributed by atoms with E-state index in [4.69, 9.17) is 19.3 Å². The van der Waals surface area contributed by atoms with Crippen LogP contribution >= 0.6 is 0 Å². The second-order valence-corrected chi connectivity index (χ2v) is 7.61. The SMILES string of the molecule is CCCCCCCCCCOc1ccc(O[C@@H]2[C@@H](O)[C@H](O)[C@@H](CO)O[C@H]2O)cc1. The predicted octanol–water partition coefficient (Wildman–Crippen LogP) is 2.38. The molecule has 0 bridgehead atoms. The topological polar surface area (TPSA) is 109 Å². The van der Waals surface area contributed by atoms with E-state index >= 15 is 0 Å². The van der Waals surface area contributed by atoms with Gasteiger partial charge in [0.1, 0.15) is 29.8 Å². The summed E-state index contributed by atoms with van der Waals surface area (Å²) in [4.78, 5) is 0. The lowest BCUT2D eigenvalue weighted by atomic mass is 9.99. The van der Waals surface area contributed by atoms with E-state index < -0.39 is 37.3 Å². The van der Waals surface area contributed by atoms with E-state index in [0.29, 0.717) is 12.4 Å². The van der Waals surface area contributed by atoms with Crippen molar-refractivity contribution in [2.24, 2.45) is 0 Å². The maximum Gasteiger partial charge on any atom is 0.195 e. The van der Waals surface area contributed by atoms with Crippen LogP contribution in [0.25, 0.3) is 0 Å². The molecular formula is C22H36O7. The molecule has 2 rings (SSSR count). The number of hydrogen-bond acceptors (Lipinski definition) is 7. The summed E-state index contributed by atoms with van der Waals surface area (Å²) in [6.45, 7) is 2.38. The summed E-state index contributed by atoms with van der Waals surface area (Å²) in [7, 11) is 0. The van der Waals surface area contributed by atoms with Crippen molar-refractivity contribution >= 4 is 0 Å². The predicted molar refractivity (Wildman–Crippen MR) is 109 cm³/mol.